The van der Waals surface area contributed by atoms with Crippen molar-refractivity contribution in [2.75, 3.05) is 5.32 Å². The minimum atomic E-state index is -0.873. The van der Waals surface area contributed by atoms with Crippen molar-refractivity contribution in [1.82, 2.24) is 0 Å². The normalized spacial score (nSPS) is 10.8. The lowest BCUT2D eigenvalue weighted by Crippen LogP contribution is -2.13. The van der Waals surface area contributed by atoms with Gasteiger partial charge in [0.2, 0.25) is 0 Å². The van der Waals surface area contributed by atoms with Crippen LogP contribution in [0.15, 0.2) is 91.0 Å². The molecule has 4 nitrogen and oxygen atoms in total. The topological polar surface area (TPSA) is 66.4 Å². The Morgan fingerprint density at radius 1 is 0.667 bits per heavy atom. The van der Waals surface area contributed by atoms with Crippen molar-refractivity contribution in [3.63, 3.8) is 0 Å². The van der Waals surface area contributed by atoms with Crippen LogP contribution >= 0.6 is 0 Å². The van der Waals surface area contributed by atoms with Crippen LogP contribution < -0.4 is 5.32 Å². The maximum atomic E-state index is 12.9. The molecule has 0 heterocycles. The molecule has 0 spiro atoms. The van der Waals surface area contributed by atoms with Gasteiger partial charge < -0.3 is 10.4 Å². The Morgan fingerprint density at radius 3 is 2.09 bits per heavy atom. The van der Waals surface area contributed by atoms with Crippen LogP contribution in [0.4, 0.5) is 5.69 Å². The third kappa shape index (κ3) is 5.66. The number of carbonyl (C=O) groups is 2. The average molecular weight is 438 g/mol. The number of carboxylic acid groups (broad SMARTS) is 1. The first-order valence-electron chi connectivity index (χ1n) is 11.3. The number of nitrogens with one attached hydrogen (secondary N) is 1. The van der Waals surface area contributed by atoms with Gasteiger partial charge >= 0.3 is 5.97 Å². The van der Waals surface area contributed by atoms with Gasteiger partial charge in [-0.1, -0.05) is 73.2 Å². The van der Waals surface area contributed by atoms with Crippen LogP contribution in [-0.4, -0.2) is 17.0 Å². The predicted octanol–water partition coefficient (Wildman–Crippen LogP) is 6.75. The van der Waals surface area contributed by atoms with E-state index in [2.05, 4.69) is 11.4 Å². The van der Waals surface area contributed by atoms with Crippen molar-refractivity contribution in [1.29, 1.82) is 0 Å². The molecule has 0 saturated heterocycles. The molecule has 0 bridgehead atoms. The van der Waals surface area contributed by atoms with Gasteiger partial charge in [-0.15, -0.1) is 0 Å². The van der Waals surface area contributed by atoms with E-state index in [1.807, 2.05) is 72.8 Å². The number of hydrogen-bond donors (Lipinski definition) is 2. The Labute approximate surface area is 193 Å². The summed E-state index contributed by atoms with van der Waals surface area (Å²) in [7, 11) is 0. The molecule has 4 aromatic rings. The van der Waals surface area contributed by atoms with Crippen LogP contribution in [0.2, 0.25) is 0 Å². The average Bonchev–Trinajstić information content (AvgIpc) is 2.84. The number of amides is 1. The molecule has 1 amide bonds. The fourth-order valence-corrected chi connectivity index (χ4v) is 4.14. The molecule has 4 rings (SSSR count). The summed E-state index contributed by atoms with van der Waals surface area (Å²) in [6.45, 7) is 0. The number of benzene rings is 4. The summed E-state index contributed by atoms with van der Waals surface area (Å²) < 4.78 is 0. The van der Waals surface area contributed by atoms with Gasteiger partial charge in [-0.25, -0.2) is 4.79 Å². The number of anilines is 1. The second-order valence-corrected chi connectivity index (χ2v) is 8.20. The number of carboxylic acids is 1. The number of aryl methyl sites for hydroxylation is 2. The molecule has 0 atom stereocenters. The molecule has 0 aliphatic carbocycles. The summed E-state index contributed by atoms with van der Waals surface area (Å²) in [6.07, 6.45) is 4.49. The Bertz CT molecular complexity index is 1280. The van der Waals surface area contributed by atoms with E-state index < -0.39 is 5.97 Å². The van der Waals surface area contributed by atoms with E-state index in [1.165, 1.54) is 0 Å². The van der Waals surface area contributed by atoms with Crippen LogP contribution in [-0.2, 0) is 12.8 Å². The second-order valence-electron chi connectivity index (χ2n) is 8.20. The summed E-state index contributed by atoms with van der Waals surface area (Å²) in [5, 5.41) is 14.5. The van der Waals surface area contributed by atoms with Gasteiger partial charge in [-0.05, 0) is 71.8 Å². The minimum Gasteiger partial charge on any atom is -0.478 e. The first-order chi connectivity index (χ1) is 16.1. The van der Waals surface area contributed by atoms with Gasteiger partial charge in [0.15, 0.2) is 0 Å². The van der Waals surface area contributed by atoms with E-state index in [9.17, 15) is 14.7 Å². The van der Waals surface area contributed by atoms with E-state index >= 15 is 0 Å². The molecular formula is C29H27NO3. The van der Waals surface area contributed by atoms with Crippen molar-refractivity contribution >= 4 is 28.3 Å². The highest BCUT2D eigenvalue weighted by Gasteiger charge is 2.11. The number of para-hydroxylation sites is 1. The molecular weight excluding hydrogens is 410 g/mol. The van der Waals surface area contributed by atoms with Gasteiger partial charge in [0, 0.05) is 11.3 Å². The molecule has 0 aromatic heterocycles. The largest absolute Gasteiger partial charge is 0.478 e. The van der Waals surface area contributed by atoms with Crippen molar-refractivity contribution in [3.8, 4) is 0 Å². The van der Waals surface area contributed by atoms with Crippen molar-refractivity contribution in [3.05, 3.63) is 113 Å². The summed E-state index contributed by atoms with van der Waals surface area (Å²) in [4.78, 5) is 24.2. The molecule has 0 unspecified atom stereocenters. The van der Waals surface area contributed by atoms with Crippen LogP contribution in [0.1, 0.15) is 51.1 Å². The van der Waals surface area contributed by atoms with E-state index in [0.29, 0.717) is 11.1 Å². The number of unbranched alkanes of at least 4 members (excludes halogenated alkanes) is 2. The fourth-order valence-electron chi connectivity index (χ4n) is 4.14. The summed E-state index contributed by atoms with van der Waals surface area (Å²) in [5.41, 5.74) is 3.86. The van der Waals surface area contributed by atoms with Crippen LogP contribution in [0.25, 0.3) is 10.8 Å². The van der Waals surface area contributed by atoms with E-state index in [1.54, 1.807) is 12.1 Å². The van der Waals surface area contributed by atoms with Crippen LogP contribution in [0, 0.1) is 0 Å². The molecule has 0 aliphatic rings. The molecule has 4 aromatic carbocycles. The standard InChI is InChI=1S/C29H27NO3/c31-28(25-19-18-21-10-4-5-15-24(21)20-25)30-27-17-9-7-14-23(27)13-3-1-2-11-22-12-6-8-16-26(22)29(32)33/h4-10,12,14-20H,1-3,11,13H2,(H,30,31)(H,32,33). The minimum absolute atomic E-state index is 0.113. The number of carbonyl (C=O) groups excluding carboxylic acids is 1. The second kappa shape index (κ2) is 10.6. The lowest BCUT2D eigenvalue weighted by Gasteiger charge is -2.12. The molecule has 0 aliphatic heterocycles. The maximum absolute atomic E-state index is 12.9. The molecule has 0 saturated carbocycles. The SMILES string of the molecule is O=C(Nc1ccccc1CCCCCc1ccccc1C(=O)O)c1ccc2ccccc2c1. The number of rotatable bonds is 9. The Hall–Kier alpha value is -3.92. The Morgan fingerprint density at radius 2 is 1.30 bits per heavy atom. The van der Waals surface area contributed by atoms with E-state index in [0.717, 1.165) is 59.7 Å². The van der Waals surface area contributed by atoms with Gasteiger partial charge in [-0.2, -0.15) is 0 Å². The number of aromatic carboxylic acids is 1. The number of hydrogen-bond acceptors (Lipinski definition) is 2. The zero-order valence-electron chi connectivity index (χ0n) is 18.5. The Balaban J connectivity index is 1.34. The first kappa shape index (κ1) is 22.3. The summed E-state index contributed by atoms with van der Waals surface area (Å²) in [6, 6.07) is 28.9. The fraction of sp³-hybridized carbons (Fsp3) is 0.172. The molecule has 4 heteroatoms. The highest BCUT2D eigenvalue weighted by Crippen LogP contribution is 2.21. The van der Waals surface area contributed by atoms with E-state index in [-0.39, 0.29) is 5.91 Å². The molecule has 33 heavy (non-hydrogen) atoms. The first-order valence-corrected chi connectivity index (χ1v) is 11.3. The predicted molar refractivity (Wildman–Crippen MR) is 133 cm³/mol. The van der Waals surface area contributed by atoms with Crippen molar-refractivity contribution in [2.45, 2.75) is 32.1 Å². The van der Waals surface area contributed by atoms with Gasteiger partial charge in [-0.3, -0.25) is 4.79 Å². The molecule has 166 valence electrons. The zero-order chi connectivity index (χ0) is 23.0. The zero-order valence-corrected chi connectivity index (χ0v) is 18.5. The highest BCUT2D eigenvalue weighted by atomic mass is 16.4. The van der Waals surface area contributed by atoms with Crippen LogP contribution in [0.5, 0.6) is 0 Å². The summed E-state index contributed by atoms with van der Waals surface area (Å²) >= 11 is 0. The monoisotopic (exact) mass is 437 g/mol. The third-order valence-electron chi connectivity index (χ3n) is 5.92. The molecule has 0 radical (unpaired) electrons. The van der Waals surface area contributed by atoms with Crippen LogP contribution in [0.3, 0.4) is 0 Å². The van der Waals surface area contributed by atoms with Gasteiger partial charge in [0.25, 0.3) is 5.91 Å². The van der Waals surface area contributed by atoms with Crippen molar-refractivity contribution < 1.29 is 14.7 Å². The van der Waals surface area contributed by atoms with E-state index in [4.69, 9.17) is 0 Å². The highest BCUT2D eigenvalue weighted by molar-refractivity contribution is 6.06. The van der Waals surface area contributed by atoms with Gasteiger partial charge in [0.05, 0.1) is 5.56 Å². The Kier molecular flexibility index (Phi) is 7.16. The van der Waals surface area contributed by atoms with Gasteiger partial charge in [0.1, 0.15) is 0 Å². The number of fused-ring (bicyclic) bond motifs is 1. The van der Waals surface area contributed by atoms with Crippen molar-refractivity contribution in [2.24, 2.45) is 0 Å². The maximum Gasteiger partial charge on any atom is 0.335 e. The quantitative estimate of drug-likeness (QED) is 0.285. The lowest BCUT2D eigenvalue weighted by molar-refractivity contribution is 0.0695. The smallest absolute Gasteiger partial charge is 0.335 e. The third-order valence-corrected chi connectivity index (χ3v) is 5.92. The summed E-state index contributed by atoms with van der Waals surface area (Å²) in [5.74, 6) is -0.986. The molecule has 0 fully saturated rings. The lowest BCUT2D eigenvalue weighted by atomic mass is 9.99. The molecule has 2 N–H and O–H groups in total.